The van der Waals surface area contributed by atoms with Gasteiger partial charge >= 0.3 is 0 Å². The number of aryl methyl sites for hydroxylation is 1. The second-order valence-corrected chi connectivity index (χ2v) is 5.48. The van der Waals surface area contributed by atoms with Gasteiger partial charge in [0.25, 0.3) is 0 Å². The lowest BCUT2D eigenvalue weighted by atomic mass is 10.0. The van der Waals surface area contributed by atoms with Gasteiger partial charge in [-0.25, -0.2) is 0 Å². The Balaban J connectivity index is 2.28. The molecule has 3 heteroatoms. The van der Waals surface area contributed by atoms with Crippen molar-refractivity contribution in [2.24, 2.45) is 0 Å². The summed E-state index contributed by atoms with van der Waals surface area (Å²) in [5.74, 6) is 0.675. The quantitative estimate of drug-likeness (QED) is 0.539. The number of nitriles is 1. The molecule has 0 fully saturated rings. The highest BCUT2D eigenvalue weighted by atomic mass is 35.5. The number of hydrogen-bond acceptors (Lipinski definition) is 2. The second-order valence-electron chi connectivity index (χ2n) is 5.07. The summed E-state index contributed by atoms with van der Waals surface area (Å²) >= 11 is 6.22. The predicted molar refractivity (Wildman–Crippen MR) is 91.9 cm³/mol. The van der Waals surface area contributed by atoms with Crippen LogP contribution in [0.25, 0.3) is 11.6 Å². The number of hydrogen-bond donors (Lipinski definition) is 0. The van der Waals surface area contributed by atoms with Crippen molar-refractivity contribution in [3.05, 3.63) is 64.2 Å². The molecule has 0 saturated carbocycles. The third kappa shape index (κ3) is 4.13. The van der Waals surface area contributed by atoms with E-state index in [0.717, 1.165) is 17.5 Å². The molecule has 2 rings (SSSR count). The highest BCUT2D eigenvalue weighted by molar-refractivity contribution is 6.32. The van der Waals surface area contributed by atoms with E-state index in [-0.39, 0.29) is 0 Å². The van der Waals surface area contributed by atoms with Crippen LogP contribution in [0.3, 0.4) is 0 Å². The lowest BCUT2D eigenvalue weighted by molar-refractivity contribution is 0.317. The van der Waals surface area contributed by atoms with Crippen molar-refractivity contribution in [3.8, 4) is 11.8 Å². The summed E-state index contributed by atoms with van der Waals surface area (Å²) in [6.07, 6.45) is 2.77. The van der Waals surface area contributed by atoms with Crippen LogP contribution in [0.4, 0.5) is 0 Å². The van der Waals surface area contributed by atoms with Crippen LogP contribution in [0, 0.1) is 18.3 Å². The van der Waals surface area contributed by atoms with Crippen molar-refractivity contribution in [1.29, 1.82) is 5.26 Å². The maximum atomic E-state index is 9.37. The molecule has 0 N–H and O–H groups in total. The minimum atomic E-state index is 0.559. The average molecular weight is 312 g/mol. The molecule has 0 aliphatic rings. The van der Waals surface area contributed by atoms with E-state index in [1.54, 1.807) is 0 Å². The van der Waals surface area contributed by atoms with Crippen molar-refractivity contribution in [3.63, 3.8) is 0 Å². The molecule has 0 heterocycles. The van der Waals surface area contributed by atoms with Gasteiger partial charge < -0.3 is 4.74 Å². The topological polar surface area (TPSA) is 33.0 Å². The fourth-order valence-corrected chi connectivity index (χ4v) is 2.26. The Morgan fingerprint density at radius 3 is 2.55 bits per heavy atom. The van der Waals surface area contributed by atoms with E-state index >= 15 is 0 Å². The fourth-order valence-electron chi connectivity index (χ4n) is 2.02. The molecule has 2 aromatic rings. The van der Waals surface area contributed by atoms with Crippen LogP contribution in [-0.4, -0.2) is 6.61 Å². The molecule has 0 spiro atoms. The molecular formula is C19H18ClNO. The minimum absolute atomic E-state index is 0.559. The highest BCUT2D eigenvalue weighted by Gasteiger charge is 2.04. The van der Waals surface area contributed by atoms with E-state index in [0.29, 0.717) is 23.0 Å². The lowest BCUT2D eigenvalue weighted by Crippen LogP contribution is -1.95. The van der Waals surface area contributed by atoms with Gasteiger partial charge in [-0.3, -0.25) is 0 Å². The molecule has 0 saturated heterocycles. The van der Waals surface area contributed by atoms with E-state index in [4.69, 9.17) is 16.3 Å². The predicted octanol–water partition coefficient (Wildman–Crippen LogP) is 5.50. The molecule has 0 aromatic heterocycles. The Labute approximate surface area is 136 Å². The van der Waals surface area contributed by atoms with Gasteiger partial charge in [0.2, 0.25) is 0 Å². The fraction of sp³-hybridized carbons (Fsp3) is 0.211. The molecule has 2 aromatic carbocycles. The Hall–Kier alpha value is -2.24. The molecule has 22 heavy (non-hydrogen) atoms. The van der Waals surface area contributed by atoms with Crippen molar-refractivity contribution in [2.75, 3.05) is 6.61 Å². The molecule has 0 aliphatic carbocycles. The average Bonchev–Trinajstić information content (AvgIpc) is 2.53. The lowest BCUT2D eigenvalue weighted by Gasteiger charge is -2.07. The van der Waals surface area contributed by atoms with Gasteiger partial charge in [-0.1, -0.05) is 54.4 Å². The Morgan fingerprint density at radius 1 is 1.23 bits per heavy atom. The first kappa shape index (κ1) is 16.1. The van der Waals surface area contributed by atoms with Crippen molar-refractivity contribution in [2.45, 2.75) is 20.3 Å². The van der Waals surface area contributed by atoms with Crippen LogP contribution in [0.5, 0.6) is 5.75 Å². The molecule has 0 amide bonds. The summed E-state index contributed by atoms with van der Waals surface area (Å²) < 4.78 is 5.55. The van der Waals surface area contributed by atoms with E-state index in [1.807, 2.05) is 62.4 Å². The SMILES string of the molecule is CCCOc1ccc(/C=C(\C#N)c2ccc(C)cc2)cc1Cl. The monoisotopic (exact) mass is 311 g/mol. The third-order valence-electron chi connectivity index (χ3n) is 3.21. The van der Waals surface area contributed by atoms with E-state index in [1.165, 1.54) is 5.56 Å². The first-order chi connectivity index (χ1) is 10.6. The summed E-state index contributed by atoms with van der Waals surface area (Å²) in [7, 11) is 0. The Morgan fingerprint density at radius 2 is 1.95 bits per heavy atom. The largest absolute Gasteiger partial charge is 0.492 e. The number of halogens is 1. The first-order valence-electron chi connectivity index (χ1n) is 7.25. The standard InChI is InChI=1S/C19H18ClNO/c1-3-10-22-19-9-6-15(12-18(19)20)11-17(13-21)16-7-4-14(2)5-8-16/h4-9,11-12H,3,10H2,1-2H3/b17-11+. The van der Waals surface area contributed by atoms with E-state index < -0.39 is 0 Å². The minimum Gasteiger partial charge on any atom is -0.492 e. The maximum Gasteiger partial charge on any atom is 0.137 e. The van der Waals surface area contributed by atoms with E-state index in [9.17, 15) is 5.26 Å². The van der Waals surface area contributed by atoms with Crippen molar-refractivity contribution in [1.82, 2.24) is 0 Å². The molecule has 0 bridgehead atoms. The number of allylic oxidation sites excluding steroid dienone is 1. The van der Waals surface area contributed by atoms with Gasteiger partial charge in [-0.2, -0.15) is 5.26 Å². The molecule has 0 aliphatic heterocycles. The van der Waals surface area contributed by atoms with E-state index in [2.05, 4.69) is 6.07 Å². The Bertz CT molecular complexity index is 711. The van der Waals surface area contributed by atoms with Crippen LogP contribution >= 0.6 is 11.6 Å². The molecule has 0 radical (unpaired) electrons. The summed E-state index contributed by atoms with van der Waals surface area (Å²) in [5.41, 5.74) is 3.56. The van der Waals surface area contributed by atoms with Gasteiger partial charge in [0.05, 0.1) is 23.3 Å². The first-order valence-corrected chi connectivity index (χ1v) is 7.63. The second kappa shape index (κ2) is 7.68. The van der Waals surface area contributed by atoms with Gasteiger partial charge in [-0.05, 0) is 42.7 Å². The number of benzene rings is 2. The van der Waals surface area contributed by atoms with Crippen molar-refractivity contribution >= 4 is 23.3 Å². The molecule has 2 nitrogen and oxygen atoms in total. The van der Waals surface area contributed by atoms with Crippen LogP contribution in [0.15, 0.2) is 42.5 Å². The number of nitrogens with zero attached hydrogens (tertiary/aromatic N) is 1. The number of rotatable bonds is 5. The van der Waals surface area contributed by atoms with Crippen LogP contribution < -0.4 is 4.74 Å². The molecule has 0 atom stereocenters. The summed E-state index contributed by atoms with van der Waals surface area (Å²) in [4.78, 5) is 0. The van der Waals surface area contributed by atoms with Gasteiger partial charge in [0, 0.05) is 0 Å². The zero-order valence-corrected chi connectivity index (χ0v) is 13.5. The third-order valence-corrected chi connectivity index (χ3v) is 3.51. The normalized spacial score (nSPS) is 11.1. The summed E-state index contributed by atoms with van der Waals surface area (Å²) in [6.45, 7) is 4.71. The van der Waals surface area contributed by atoms with Crippen LogP contribution in [-0.2, 0) is 0 Å². The van der Waals surface area contributed by atoms with Crippen LogP contribution in [0.2, 0.25) is 5.02 Å². The maximum absolute atomic E-state index is 9.37. The molecule has 112 valence electrons. The summed E-state index contributed by atoms with van der Waals surface area (Å²) in [6, 6.07) is 15.7. The smallest absolute Gasteiger partial charge is 0.137 e. The highest BCUT2D eigenvalue weighted by Crippen LogP contribution is 2.27. The Kier molecular flexibility index (Phi) is 5.63. The molecular weight excluding hydrogens is 294 g/mol. The van der Waals surface area contributed by atoms with Gasteiger partial charge in [0.15, 0.2) is 0 Å². The van der Waals surface area contributed by atoms with Gasteiger partial charge in [0.1, 0.15) is 5.75 Å². The van der Waals surface area contributed by atoms with Gasteiger partial charge in [-0.15, -0.1) is 0 Å². The number of ether oxygens (including phenoxy) is 1. The van der Waals surface area contributed by atoms with Crippen LogP contribution in [0.1, 0.15) is 30.0 Å². The zero-order chi connectivity index (χ0) is 15.9. The van der Waals surface area contributed by atoms with Crippen molar-refractivity contribution < 1.29 is 4.74 Å². The zero-order valence-electron chi connectivity index (χ0n) is 12.8. The molecule has 0 unspecified atom stereocenters. The summed E-state index contributed by atoms with van der Waals surface area (Å²) in [5, 5.41) is 9.93.